The van der Waals surface area contributed by atoms with Crippen molar-refractivity contribution >= 4 is 17.3 Å². The molecule has 0 amide bonds. The standard InChI is InChI=1S/C13H14N4O3/c1-8(18)7-16-9(2)15-12(13(16)17(19)20)10-3-5-11(14)6-4-10/h3-6H,7,14H2,1-2H3. The number of rotatable bonds is 4. The molecule has 0 aliphatic heterocycles. The lowest BCUT2D eigenvalue weighted by molar-refractivity contribution is -0.391. The maximum atomic E-state index is 11.3. The van der Waals surface area contributed by atoms with Gasteiger partial charge in [0.2, 0.25) is 0 Å². The van der Waals surface area contributed by atoms with Gasteiger partial charge in [-0.25, -0.2) is 9.55 Å². The number of anilines is 1. The molecule has 7 heteroatoms. The molecular weight excluding hydrogens is 260 g/mol. The van der Waals surface area contributed by atoms with Crippen molar-refractivity contribution in [3.8, 4) is 11.3 Å². The van der Waals surface area contributed by atoms with Gasteiger partial charge in [0, 0.05) is 18.2 Å². The molecule has 7 nitrogen and oxygen atoms in total. The number of nitro groups is 1. The number of aryl methyl sites for hydroxylation is 1. The third-order valence-electron chi connectivity index (χ3n) is 2.87. The van der Waals surface area contributed by atoms with E-state index in [-0.39, 0.29) is 23.8 Å². The lowest BCUT2D eigenvalue weighted by Gasteiger charge is -2.02. The van der Waals surface area contributed by atoms with Gasteiger partial charge in [0.15, 0.2) is 23.8 Å². The Bertz CT molecular complexity index is 674. The summed E-state index contributed by atoms with van der Waals surface area (Å²) in [6.45, 7) is 2.95. The highest BCUT2D eigenvalue weighted by Crippen LogP contribution is 2.30. The molecule has 2 N–H and O–H groups in total. The van der Waals surface area contributed by atoms with E-state index in [0.717, 1.165) is 0 Å². The number of hydrogen-bond acceptors (Lipinski definition) is 5. The van der Waals surface area contributed by atoms with Gasteiger partial charge in [0.05, 0.1) is 0 Å². The van der Waals surface area contributed by atoms with Crippen LogP contribution in [0.1, 0.15) is 12.7 Å². The quantitative estimate of drug-likeness (QED) is 0.521. The van der Waals surface area contributed by atoms with Crippen LogP contribution in [0.3, 0.4) is 0 Å². The number of nitrogens with zero attached hydrogens (tertiary/aromatic N) is 3. The fourth-order valence-corrected chi connectivity index (χ4v) is 1.98. The first-order valence-electron chi connectivity index (χ1n) is 5.97. The normalized spacial score (nSPS) is 10.5. The van der Waals surface area contributed by atoms with Crippen LogP contribution in [0, 0.1) is 17.0 Å². The summed E-state index contributed by atoms with van der Waals surface area (Å²) in [7, 11) is 0. The van der Waals surface area contributed by atoms with E-state index in [0.29, 0.717) is 17.1 Å². The van der Waals surface area contributed by atoms with E-state index in [1.165, 1.54) is 11.5 Å². The SMILES string of the molecule is CC(=O)Cn1c(C)nc(-c2ccc(N)cc2)c1[N+](=O)[O-]. The number of Topliss-reactive ketones (excluding diaryl/α,β-unsaturated/α-hetero) is 1. The van der Waals surface area contributed by atoms with Crippen molar-refractivity contribution in [1.82, 2.24) is 9.55 Å². The Balaban J connectivity index is 2.61. The molecule has 1 aromatic carbocycles. The molecule has 1 heterocycles. The van der Waals surface area contributed by atoms with Gasteiger partial charge in [-0.1, -0.05) is 12.1 Å². The van der Waals surface area contributed by atoms with Crippen LogP contribution in [0.15, 0.2) is 24.3 Å². The second kappa shape index (κ2) is 5.12. The molecule has 0 saturated heterocycles. The number of hydrogen-bond donors (Lipinski definition) is 1. The maximum absolute atomic E-state index is 11.3. The van der Waals surface area contributed by atoms with Crippen molar-refractivity contribution in [2.24, 2.45) is 0 Å². The summed E-state index contributed by atoms with van der Waals surface area (Å²) < 4.78 is 1.31. The summed E-state index contributed by atoms with van der Waals surface area (Å²) in [6.07, 6.45) is 0. The summed E-state index contributed by atoms with van der Waals surface area (Å²) in [6, 6.07) is 6.64. The minimum absolute atomic E-state index is 0.0654. The van der Waals surface area contributed by atoms with E-state index in [2.05, 4.69) is 4.98 Å². The van der Waals surface area contributed by atoms with Crippen LogP contribution in [0.25, 0.3) is 11.3 Å². The summed E-state index contributed by atoms with van der Waals surface area (Å²) in [5.74, 6) is 0.0821. The van der Waals surface area contributed by atoms with Crippen LogP contribution in [-0.2, 0) is 11.3 Å². The molecule has 0 aliphatic rings. The molecule has 0 saturated carbocycles. The highest BCUT2D eigenvalue weighted by atomic mass is 16.6. The highest BCUT2D eigenvalue weighted by Gasteiger charge is 2.26. The summed E-state index contributed by atoms with van der Waals surface area (Å²) >= 11 is 0. The van der Waals surface area contributed by atoms with E-state index < -0.39 is 4.92 Å². The molecular formula is C13H14N4O3. The van der Waals surface area contributed by atoms with Crippen LogP contribution in [0.4, 0.5) is 11.5 Å². The summed E-state index contributed by atoms with van der Waals surface area (Å²) in [5.41, 5.74) is 7.00. The van der Waals surface area contributed by atoms with E-state index in [4.69, 9.17) is 5.73 Å². The Morgan fingerprint density at radius 3 is 2.50 bits per heavy atom. The van der Waals surface area contributed by atoms with Crippen LogP contribution in [0.2, 0.25) is 0 Å². The van der Waals surface area contributed by atoms with Crippen molar-refractivity contribution in [2.45, 2.75) is 20.4 Å². The molecule has 0 radical (unpaired) electrons. The van der Waals surface area contributed by atoms with Crippen LogP contribution < -0.4 is 5.73 Å². The fraction of sp³-hybridized carbons (Fsp3) is 0.231. The van der Waals surface area contributed by atoms with Crippen molar-refractivity contribution in [3.05, 3.63) is 40.2 Å². The number of carbonyl (C=O) groups is 1. The number of ketones is 1. The maximum Gasteiger partial charge on any atom is 0.351 e. The van der Waals surface area contributed by atoms with Gasteiger partial charge in [0.25, 0.3) is 0 Å². The van der Waals surface area contributed by atoms with Gasteiger partial charge < -0.3 is 15.8 Å². The van der Waals surface area contributed by atoms with Crippen molar-refractivity contribution in [2.75, 3.05) is 5.73 Å². The molecule has 2 aromatic rings. The highest BCUT2D eigenvalue weighted by molar-refractivity contribution is 5.77. The first kappa shape index (κ1) is 13.7. The second-order valence-corrected chi connectivity index (χ2v) is 4.50. The minimum atomic E-state index is -0.519. The predicted octanol–water partition coefficient (Wildman–Crippen LogP) is 1.94. The third kappa shape index (κ3) is 2.51. The summed E-state index contributed by atoms with van der Waals surface area (Å²) in [4.78, 5) is 26.2. The van der Waals surface area contributed by atoms with Crippen LogP contribution >= 0.6 is 0 Å². The van der Waals surface area contributed by atoms with E-state index >= 15 is 0 Å². The Labute approximate surface area is 115 Å². The molecule has 0 bridgehead atoms. The van der Waals surface area contributed by atoms with E-state index in [1.807, 2.05) is 0 Å². The van der Waals surface area contributed by atoms with Crippen molar-refractivity contribution in [3.63, 3.8) is 0 Å². The van der Waals surface area contributed by atoms with E-state index in [9.17, 15) is 14.9 Å². The second-order valence-electron chi connectivity index (χ2n) is 4.50. The Morgan fingerprint density at radius 2 is 2.00 bits per heavy atom. The number of benzene rings is 1. The van der Waals surface area contributed by atoms with Gasteiger partial charge in [-0.05, 0) is 24.0 Å². The van der Waals surface area contributed by atoms with Crippen molar-refractivity contribution < 1.29 is 9.72 Å². The van der Waals surface area contributed by atoms with Gasteiger partial charge in [-0.15, -0.1) is 0 Å². The molecule has 0 unspecified atom stereocenters. The van der Waals surface area contributed by atoms with Crippen LogP contribution in [0.5, 0.6) is 0 Å². The average molecular weight is 274 g/mol. The minimum Gasteiger partial charge on any atom is -0.399 e. The topological polar surface area (TPSA) is 104 Å². The first-order valence-corrected chi connectivity index (χ1v) is 5.97. The van der Waals surface area contributed by atoms with Gasteiger partial charge in [-0.3, -0.25) is 4.79 Å². The Morgan fingerprint density at radius 1 is 1.40 bits per heavy atom. The molecule has 2 rings (SSSR count). The molecule has 104 valence electrons. The predicted molar refractivity (Wildman–Crippen MR) is 74.1 cm³/mol. The molecule has 20 heavy (non-hydrogen) atoms. The number of aromatic nitrogens is 2. The van der Waals surface area contributed by atoms with Gasteiger partial charge in [0.1, 0.15) is 0 Å². The molecule has 0 spiro atoms. The number of imidazole rings is 1. The monoisotopic (exact) mass is 274 g/mol. The third-order valence-corrected chi connectivity index (χ3v) is 2.87. The number of nitrogens with two attached hydrogens (primary N) is 1. The van der Waals surface area contributed by atoms with Gasteiger partial charge >= 0.3 is 5.82 Å². The van der Waals surface area contributed by atoms with E-state index in [1.54, 1.807) is 31.2 Å². The zero-order valence-corrected chi connectivity index (χ0v) is 11.2. The largest absolute Gasteiger partial charge is 0.399 e. The zero-order chi connectivity index (χ0) is 14.9. The lowest BCUT2D eigenvalue weighted by Crippen LogP contribution is -2.10. The molecule has 0 aliphatic carbocycles. The lowest BCUT2D eigenvalue weighted by atomic mass is 10.1. The number of nitrogen functional groups attached to an aromatic ring is 1. The Kier molecular flexibility index (Phi) is 3.51. The van der Waals surface area contributed by atoms with Crippen LogP contribution in [-0.4, -0.2) is 20.3 Å². The molecule has 1 aromatic heterocycles. The first-order chi connectivity index (χ1) is 9.40. The summed E-state index contributed by atoms with van der Waals surface area (Å²) in [5, 5.41) is 11.3. The smallest absolute Gasteiger partial charge is 0.351 e. The van der Waals surface area contributed by atoms with Gasteiger partial charge in [-0.2, -0.15) is 0 Å². The number of carbonyl (C=O) groups excluding carboxylic acids is 1. The Hall–Kier alpha value is -2.70. The average Bonchev–Trinajstić information content (AvgIpc) is 2.67. The molecule has 0 atom stereocenters. The zero-order valence-electron chi connectivity index (χ0n) is 11.2. The van der Waals surface area contributed by atoms with Crippen molar-refractivity contribution in [1.29, 1.82) is 0 Å². The molecule has 0 fully saturated rings. The fourth-order valence-electron chi connectivity index (χ4n) is 1.98.